The molecule has 0 unspecified atom stereocenters. The Morgan fingerprint density at radius 3 is 2.76 bits per heavy atom. The number of likely N-dealkylation sites (tertiary alicyclic amines) is 1. The summed E-state index contributed by atoms with van der Waals surface area (Å²) in [4.78, 5) is 10.7. The first kappa shape index (κ1) is 22.8. The summed E-state index contributed by atoms with van der Waals surface area (Å²) in [6, 6.07) is 4.32. The number of hydrogen-bond donors (Lipinski definition) is 4. The summed E-state index contributed by atoms with van der Waals surface area (Å²) < 4.78 is 30.6. The number of alkyl halides is 2. The molecule has 176 valence electrons. The summed E-state index contributed by atoms with van der Waals surface area (Å²) in [5.41, 5.74) is 9.92. The molecular formula is C21H28F2N10. The van der Waals surface area contributed by atoms with Crippen molar-refractivity contribution in [2.75, 3.05) is 49.7 Å². The minimum atomic E-state index is -2.89. The largest absolute Gasteiger partial charge is 0.371 e. The lowest BCUT2D eigenvalue weighted by Gasteiger charge is -2.36. The van der Waals surface area contributed by atoms with Gasteiger partial charge in [-0.25, -0.2) is 23.8 Å². The van der Waals surface area contributed by atoms with Crippen LogP contribution in [0.2, 0.25) is 0 Å². The molecule has 0 aromatic carbocycles. The van der Waals surface area contributed by atoms with Crippen LogP contribution in [0.15, 0.2) is 29.5 Å². The van der Waals surface area contributed by atoms with E-state index in [1.165, 1.54) is 0 Å². The van der Waals surface area contributed by atoms with Crippen LogP contribution in [0.4, 0.5) is 32.1 Å². The molecule has 0 aliphatic carbocycles. The summed E-state index contributed by atoms with van der Waals surface area (Å²) in [6.45, 7) is 3.01. The summed E-state index contributed by atoms with van der Waals surface area (Å²) in [5, 5.41) is 17.0. The smallest absolute Gasteiger partial charge is 0.280 e. The molecular weight excluding hydrogens is 430 g/mol. The van der Waals surface area contributed by atoms with E-state index >= 15 is 0 Å². The maximum Gasteiger partial charge on any atom is 0.280 e. The Morgan fingerprint density at radius 1 is 1.24 bits per heavy atom. The molecule has 1 aliphatic heterocycles. The highest BCUT2D eigenvalue weighted by Gasteiger charge is 2.44. The lowest BCUT2D eigenvalue weighted by atomic mass is 10.0. The molecule has 0 spiro atoms. The number of nitrogens with zero attached hydrogens (tertiary/aromatic N) is 6. The third-order valence-electron chi connectivity index (χ3n) is 5.65. The molecule has 1 aliphatic rings. The molecule has 3 aromatic heterocycles. The molecule has 1 fully saturated rings. The summed E-state index contributed by atoms with van der Waals surface area (Å²) in [7, 11) is 3.41. The Labute approximate surface area is 190 Å². The molecule has 0 radical (unpaired) electrons. The van der Waals surface area contributed by atoms with Gasteiger partial charge in [0, 0.05) is 31.9 Å². The van der Waals surface area contributed by atoms with Crippen molar-refractivity contribution in [2.45, 2.75) is 31.7 Å². The minimum Gasteiger partial charge on any atom is -0.371 e. The second-order valence-electron chi connectivity index (χ2n) is 8.14. The van der Waals surface area contributed by atoms with Crippen LogP contribution in [0, 0.1) is 5.53 Å². The zero-order chi connectivity index (χ0) is 23.6. The second kappa shape index (κ2) is 9.22. The molecule has 4 heterocycles. The van der Waals surface area contributed by atoms with Crippen molar-refractivity contribution >= 4 is 28.8 Å². The van der Waals surface area contributed by atoms with Crippen molar-refractivity contribution in [1.29, 1.82) is 5.53 Å². The van der Waals surface area contributed by atoms with Crippen LogP contribution in [0.1, 0.15) is 19.8 Å². The monoisotopic (exact) mass is 458 g/mol. The highest BCUT2D eigenvalue weighted by atomic mass is 19.3. The molecule has 0 bridgehead atoms. The third-order valence-corrected chi connectivity index (χ3v) is 5.65. The molecule has 3 aromatic rings. The normalized spacial score (nSPS) is 18.3. The van der Waals surface area contributed by atoms with Gasteiger partial charge in [-0.15, -0.1) is 5.10 Å². The topological polar surface area (TPSA) is 119 Å². The Kier molecular flexibility index (Phi) is 6.36. The quantitative estimate of drug-likeness (QED) is 0.376. The van der Waals surface area contributed by atoms with Gasteiger partial charge in [0.15, 0.2) is 11.6 Å². The molecule has 10 nitrogen and oxygen atoms in total. The number of piperidine rings is 1. The number of fused-ring (bicyclic) bond motifs is 1. The van der Waals surface area contributed by atoms with Gasteiger partial charge >= 0.3 is 0 Å². The molecule has 0 saturated carbocycles. The fraction of sp³-hybridized carbons (Fsp3) is 0.476. The summed E-state index contributed by atoms with van der Waals surface area (Å²) in [5.74, 6) is -1.74. The van der Waals surface area contributed by atoms with Crippen LogP contribution in [0.5, 0.6) is 0 Å². The molecule has 4 rings (SSSR count). The van der Waals surface area contributed by atoms with Crippen molar-refractivity contribution in [3.05, 3.63) is 24.4 Å². The van der Waals surface area contributed by atoms with E-state index in [9.17, 15) is 8.78 Å². The molecule has 4 N–H and O–H groups in total. The van der Waals surface area contributed by atoms with Gasteiger partial charge in [0.2, 0.25) is 5.95 Å². The van der Waals surface area contributed by atoms with Crippen LogP contribution in [0.25, 0.3) is 16.8 Å². The van der Waals surface area contributed by atoms with Gasteiger partial charge in [-0.3, -0.25) is 0 Å². The first-order valence-corrected chi connectivity index (χ1v) is 10.9. The lowest BCUT2D eigenvalue weighted by molar-refractivity contribution is -0.0675. The highest BCUT2D eigenvalue weighted by Crippen LogP contribution is 2.33. The number of nitrogens with one attached hydrogen (secondary N) is 4. The van der Waals surface area contributed by atoms with E-state index in [-0.39, 0.29) is 12.5 Å². The number of rotatable bonds is 8. The number of aromatic nitrogens is 4. The van der Waals surface area contributed by atoms with Crippen molar-refractivity contribution in [1.82, 2.24) is 24.5 Å². The van der Waals surface area contributed by atoms with Crippen molar-refractivity contribution in [3.63, 3.8) is 0 Å². The average molecular weight is 459 g/mol. The predicted octanol–water partition coefficient (Wildman–Crippen LogP) is 4.07. The minimum absolute atomic E-state index is 0.129. The van der Waals surface area contributed by atoms with Gasteiger partial charge in [-0.05, 0) is 38.1 Å². The van der Waals surface area contributed by atoms with E-state index in [4.69, 9.17) is 5.53 Å². The van der Waals surface area contributed by atoms with Crippen LogP contribution in [-0.4, -0.2) is 70.2 Å². The molecule has 1 saturated heterocycles. The van der Waals surface area contributed by atoms with Gasteiger partial charge < -0.3 is 20.9 Å². The summed E-state index contributed by atoms with van der Waals surface area (Å²) in [6.07, 6.45) is 2.94. The van der Waals surface area contributed by atoms with Crippen LogP contribution < -0.4 is 16.0 Å². The number of halogens is 2. The van der Waals surface area contributed by atoms with E-state index in [1.807, 2.05) is 13.0 Å². The number of anilines is 3. The molecule has 12 heteroatoms. The van der Waals surface area contributed by atoms with E-state index in [1.54, 1.807) is 41.8 Å². The lowest BCUT2D eigenvalue weighted by Crippen LogP contribution is -2.53. The zero-order valence-electron chi connectivity index (χ0n) is 18.9. The average Bonchev–Trinajstić information content (AvgIpc) is 3.22. The Bertz CT molecular complexity index is 1150. The Hall–Kier alpha value is -3.41. The van der Waals surface area contributed by atoms with E-state index in [2.05, 4.69) is 36.1 Å². The van der Waals surface area contributed by atoms with Crippen LogP contribution >= 0.6 is 0 Å². The fourth-order valence-corrected chi connectivity index (χ4v) is 3.98. The van der Waals surface area contributed by atoms with Crippen LogP contribution in [-0.2, 0) is 0 Å². The molecule has 1 atom stereocenters. The first-order chi connectivity index (χ1) is 15.9. The second-order valence-corrected chi connectivity index (χ2v) is 8.14. The van der Waals surface area contributed by atoms with Gasteiger partial charge in [-0.1, -0.05) is 6.92 Å². The van der Waals surface area contributed by atoms with Crippen molar-refractivity contribution < 1.29 is 8.78 Å². The predicted molar refractivity (Wildman–Crippen MR) is 124 cm³/mol. The Balaban J connectivity index is 1.70. The zero-order valence-corrected chi connectivity index (χ0v) is 18.9. The van der Waals surface area contributed by atoms with Gasteiger partial charge in [0.1, 0.15) is 11.2 Å². The van der Waals surface area contributed by atoms with Crippen molar-refractivity contribution in [3.8, 4) is 11.3 Å². The number of pyridine rings is 1. The summed E-state index contributed by atoms with van der Waals surface area (Å²) >= 11 is 0. The van der Waals surface area contributed by atoms with E-state index in [0.717, 1.165) is 12.0 Å². The molecule has 33 heavy (non-hydrogen) atoms. The highest BCUT2D eigenvalue weighted by molar-refractivity contribution is 5.88. The maximum absolute atomic E-state index is 14.5. The first-order valence-electron chi connectivity index (χ1n) is 10.9. The maximum atomic E-state index is 14.5. The fourth-order valence-electron chi connectivity index (χ4n) is 3.98. The van der Waals surface area contributed by atoms with Gasteiger partial charge in [0.05, 0.1) is 18.3 Å². The van der Waals surface area contributed by atoms with E-state index < -0.39 is 12.0 Å². The van der Waals surface area contributed by atoms with Crippen molar-refractivity contribution in [2.24, 2.45) is 5.11 Å². The SMILES string of the molecule is CCCNc1nc(-c2ccn3nc(N[C@@H]4CCN(C)CC4(F)F)nc(NC)c23)ccc1N=N. The third kappa shape index (κ3) is 4.56. The van der Waals surface area contributed by atoms with Gasteiger partial charge in [0.25, 0.3) is 5.92 Å². The number of hydrogen-bond acceptors (Lipinski definition) is 9. The van der Waals surface area contributed by atoms with Gasteiger partial charge in [-0.2, -0.15) is 10.1 Å². The standard InChI is InChI=1S/C21H28F2N10/c1-4-9-26-18-15(30-24)6-5-14(27-18)13-7-11-33-17(13)19(25-2)29-20(31-33)28-16-8-10-32(3)12-21(16,22)23/h5-7,11,16,24H,4,8-10,12H2,1-3H3,(H,26,27)(H2,25,28,29,31)/t16-/m1/s1. The van der Waals surface area contributed by atoms with Crippen LogP contribution in [0.3, 0.4) is 0 Å². The Morgan fingerprint density at radius 2 is 2.06 bits per heavy atom. The van der Waals surface area contributed by atoms with E-state index in [0.29, 0.717) is 48.0 Å². The molecule has 0 amide bonds.